The Hall–Kier alpha value is -1.49. The maximum absolute atomic E-state index is 12.2. The number of carbonyl (C=O) groups is 2. The molecule has 4 nitrogen and oxygen atoms in total. The average Bonchev–Trinajstić information content (AvgIpc) is 2.47. The molecule has 0 aromatic heterocycles. The number of hydrogen-bond donors (Lipinski definition) is 0. The van der Waals surface area contributed by atoms with Crippen LogP contribution in [0.4, 0.5) is 0 Å². The zero-order valence-electron chi connectivity index (χ0n) is 11.5. The Morgan fingerprint density at radius 3 is 2.37 bits per heavy atom. The van der Waals surface area contributed by atoms with Crippen molar-refractivity contribution in [3.63, 3.8) is 0 Å². The van der Waals surface area contributed by atoms with Gasteiger partial charge in [0.2, 0.25) is 0 Å². The van der Waals surface area contributed by atoms with Crippen LogP contribution in [0.2, 0.25) is 0 Å². The molecule has 1 amide bonds. The molecule has 0 aliphatic heterocycles. The van der Waals surface area contributed by atoms with Crippen LogP contribution in [-0.4, -0.2) is 43.2 Å². The summed E-state index contributed by atoms with van der Waals surface area (Å²) >= 11 is 1.63. The fourth-order valence-corrected chi connectivity index (χ4v) is 2.06. The van der Waals surface area contributed by atoms with Gasteiger partial charge in [0, 0.05) is 23.5 Å². The molecule has 0 atom stereocenters. The molecule has 5 heteroatoms. The van der Waals surface area contributed by atoms with Gasteiger partial charge in [0.1, 0.15) is 0 Å². The third-order valence-corrected chi connectivity index (χ3v) is 3.56. The molecule has 0 spiro atoms. The van der Waals surface area contributed by atoms with Gasteiger partial charge in [0.25, 0.3) is 5.91 Å². The third-order valence-electron chi connectivity index (χ3n) is 2.82. The van der Waals surface area contributed by atoms with Crippen molar-refractivity contribution >= 4 is 23.6 Å². The van der Waals surface area contributed by atoms with E-state index in [-0.39, 0.29) is 18.3 Å². The van der Waals surface area contributed by atoms with Crippen LogP contribution in [-0.2, 0) is 9.53 Å². The van der Waals surface area contributed by atoms with Gasteiger partial charge in [-0.15, -0.1) is 11.8 Å². The lowest BCUT2D eigenvalue weighted by Crippen LogP contribution is -2.33. The van der Waals surface area contributed by atoms with E-state index < -0.39 is 0 Å². The van der Waals surface area contributed by atoms with Crippen LogP contribution < -0.4 is 0 Å². The summed E-state index contributed by atoms with van der Waals surface area (Å²) in [5.74, 6) is -0.358. The van der Waals surface area contributed by atoms with Crippen molar-refractivity contribution in [1.29, 1.82) is 0 Å². The molecule has 0 unspecified atom stereocenters. The van der Waals surface area contributed by atoms with Gasteiger partial charge in [0.05, 0.1) is 13.5 Å². The fourth-order valence-electron chi connectivity index (χ4n) is 1.65. The molecule has 104 valence electrons. The minimum atomic E-state index is -0.302. The van der Waals surface area contributed by atoms with Gasteiger partial charge in [-0.2, -0.15) is 0 Å². The van der Waals surface area contributed by atoms with E-state index in [2.05, 4.69) is 4.74 Å². The summed E-state index contributed by atoms with van der Waals surface area (Å²) < 4.78 is 4.58. The molecule has 0 N–H and O–H groups in total. The van der Waals surface area contributed by atoms with Gasteiger partial charge in [-0.1, -0.05) is 0 Å². The normalized spacial score (nSPS) is 10.1. The van der Waals surface area contributed by atoms with Crippen LogP contribution in [0.3, 0.4) is 0 Å². The van der Waals surface area contributed by atoms with E-state index in [1.54, 1.807) is 16.7 Å². The third kappa shape index (κ3) is 4.59. The van der Waals surface area contributed by atoms with Crippen LogP contribution in [0.1, 0.15) is 23.7 Å². The smallest absolute Gasteiger partial charge is 0.307 e. The van der Waals surface area contributed by atoms with Crippen molar-refractivity contribution in [3.05, 3.63) is 29.8 Å². The van der Waals surface area contributed by atoms with E-state index in [0.717, 1.165) is 4.90 Å². The number of thioether (sulfide) groups is 1. The number of esters is 1. The molecule has 1 rings (SSSR count). The molecular weight excluding hydrogens is 262 g/mol. The van der Waals surface area contributed by atoms with Crippen LogP contribution in [0.25, 0.3) is 0 Å². The number of carbonyl (C=O) groups excluding carboxylic acids is 2. The Morgan fingerprint density at radius 1 is 1.26 bits per heavy atom. The Balaban J connectivity index is 2.68. The van der Waals surface area contributed by atoms with Crippen LogP contribution >= 0.6 is 11.8 Å². The number of ether oxygens (including phenoxy) is 1. The van der Waals surface area contributed by atoms with Crippen molar-refractivity contribution in [2.45, 2.75) is 18.2 Å². The van der Waals surface area contributed by atoms with Gasteiger partial charge in [0.15, 0.2) is 0 Å². The predicted octanol–water partition coefficient (Wildman–Crippen LogP) is 2.43. The van der Waals surface area contributed by atoms with Gasteiger partial charge < -0.3 is 9.64 Å². The van der Waals surface area contributed by atoms with Crippen molar-refractivity contribution in [2.75, 3.05) is 26.5 Å². The van der Waals surface area contributed by atoms with E-state index in [1.807, 2.05) is 37.4 Å². The van der Waals surface area contributed by atoms with E-state index in [9.17, 15) is 9.59 Å². The van der Waals surface area contributed by atoms with Gasteiger partial charge in [-0.3, -0.25) is 9.59 Å². The molecule has 0 radical (unpaired) electrons. The summed E-state index contributed by atoms with van der Waals surface area (Å²) in [7, 11) is 1.35. The summed E-state index contributed by atoms with van der Waals surface area (Å²) in [6, 6.07) is 7.47. The molecule has 1 aromatic carbocycles. The lowest BCUT2D eigenvalue weighted by atomic mass is 10.2. The van der Waals surface area contributed by atoms with Crippen LogP contribution in [0.5, 0.6) is 0 Å². The predicted molar refractivity (Wildman–Crippen MR) is 76.4 cm³/mol. The zero-order valence-corrected chi connectivity index (χ0v) is 12.3. The first-order valence-corrected chi connectivity index (χ1v) is 7.35. The molecule has 19 heavy (non-hydrogen) atoms. The average molecular weight is 281 g/mol. The van der Waals surface area contributed by atoms with E-state index in [4.69, 9.17) is 0 Å². The number of hydrogen-bond acceptors (Lipinski definition) is 4. The maximum Gasteiger partial charge on any atom is 0.307 e. The molecular formula is C14H19NO3S. The Labute approximate surface area is 118 Å². The maximum atomic E-state index is 12.2. The summed E-state index contributed by atoms with van der Waals surface area (Å²) in [6.07, 6.45) is 2.21. The fraction of sp³-hybridized carbons (Fsp3) is 0.429. The molecule has 0 saturated heterocycles. The molecule has 0 heterocycles. The van der Waals surface area contributed by atoms with Crippen molar-refractivity contribution in [1.82, 2.24) is 4.90 Å². The van der Waals surface area contributed by atoms with E-state index in [1.165, 1.54) is 7.11 Å². The Bertz CT molecular complexity index is 431. The van der Waals surface area contributed by atoms with Gasteiger partial charge in [-0.25, -0.2) is 0 Å². The molecule has 0 aliphatic carbocycles. The Kier molecular flexibility index (Phi) is 6.42. The highest BCUT2D eigenvalue weighted by molar-refractivity contribution is 7.98. The highest BCUT2D eigenvalue weighted by Crippen LogP contribution is 2.16. The highest BCUT2D eigenvalue weighted by Gasteiger charge is 2.15. The zero-order chi connectivity index (χ0) is 14.3. The van der Waals surface area contributed by atoms with Gasteiger partial charge >= 0.3 is 5.97 Å². The minimum Gasteiger partial charge on any atom is -0.469 e. The first-order valence-electron chi connectivity index (χ1n) is 6.12. The Morgan fingerprint density at radius 2 is 1.89 bits per heavy atom. The number of amides is 1. The summed E-state index contributed by atoms with van der Waals surface area (Å²) in [6.45, 7) is 2.85. The van der Waals surface area contributed by atoms with Crippen LogP contribution in [0, 0.1) is 0 Å². The monoisotopic (exact) mass is 281 g/mol. The minimum absolute atomic E-state index is 0.0564. The van der Waals surface area contributed by atoms with Crippen molar-refractivity contribution in [3.8, 4) is 0 Å². The number of rotatable bonds is 6. The second-order valence-electron chi connectivity index (χ2n) is 3.94. The standard InChI is InChI=1S/C14H19NO3S/c1-4-15(10-9-13(16)18-2)14(17)11-5-7-12(19-3)8-6-11/h5-8H,4,9-10H2,1-3H3. The number of nitrogens with zero attached hydrogens (tertiary/aromatic N) is 1. The first-order chi connectivity index (χ1) is 9.12. The molecule has 0 aliphatic rings. The molecule has 0 bridgehead atoms. The van der Waals surface area contributed by atoms with Gasteiger partial charge in [-0.05, 0) is 37.4 Å². The number of benzene rings is 1. The second-order valence-corrected chi connectivity index (χ2v) is 4.82. The highest BCUT2D eigenvalue weighted by atomic mass is 32.2. The first kappa shape index (κ1) is 15.6. The van der Waals surface area contributed by atoms with Crippen LogP contribution in [0.15, 0.2) is 29.2 Å². The van der Waals surface area contributed by atoms with E-state index >= 15 is 0 Å². The second kappa shape index (κ2) is 7.84. The largest absolute Gasteiger partial charge is 0.469 e. The SMILES string of the molecule is CCN(CCC(=O)OC)C(=O)c1ccc(SC)cc1. The van der Waals surface area contributed by atoms with Crippen molar-refractivity contribution < 1.29 is 14.3 Å². The summed E-state index contributed by atoms with van der Waals surface area (Å²) in [5, 5.41) is 0. The lowest BCUT2D eigenvalue weighted by molar-refractivity contribution is -0.140. The number of methoxy groups -OCH3 is 1. The molecule has 1 aromatic rings. The quantitative estimate of drug-likeness (QED) is 0.593. The topological polar surface area (TPSA) is 46.6 Å². The summed E-state index contributed by atoms with van der Waals surface area (Å²) in [4.78, 5) is 26.1. The van der Waals surface area contributed by atoms with Crippen molar-refractivity contribution in [2.24, 2.45) is 0 Å². The molecule has 0 fully saturated rings. The van der Waals surface area contributed by atoms with E-state index in [0.29, 0.717) is 18.7 Å². The lowest BCUT2D eigenvalue weighted by Gasteiger charge is -2.20. The molecule has 0 saturated carbocycles. The summed E-state index contributed by atoms with van der Waals surface area (Å²) in [5.41, 5.74) is 0.643.